The minimum Gasteiger partial charge on any atom is -0.458 e. The zero-order valence-electron chi connectivity index (χ0n) is 8.47. The SMILES string of the molecule is CCOC1C2OC(=O)C3CC1N(C)C32. The van der Waals surface area contributed by atoms with Crippen molar-refractivity contribution < 1.29 is 14.3 Å². The fourth-order valence-electron chi connectivity index (χ4n) is 3.30. The van der Waals surface area contributed by atoms with E-state index in [4.69, 9.17) is 9.47 Å². The van der Waals surface area contributed by atoms with Gasteiger partial charge in [0, 0.05) is 12.6 Å². The first-order valence-corrected chi connectivity index (χ1v) is 5.28. The predicted molar refractivity (Wildman–Crippen MR) is 48.7 cm³/mol. The minimum atomic E-state index is -0.0171. The number of hydrogen-bond donors (Lipinski definition) is 0. The van der Waals surface area contributed by atoms with Crippen molar-refractivity contribution in [2.24, 2.45) is 5.92 Å². The van der Waals surface area contributed by atoms with Gasteiger partial charge in [-0.15, -0.1) is 0 Å². The fourth-order valence-corrected chi connectivity index (χ4v) is 3.30. The van der Waals surface area contributed by atoms with E-state index < -0.39 is 0 Å². The van der Waals surface area contributed by atoms with Crippen molar-refractivity contribution in [2.75, 3.05) is 13.7 Å². The summed E-state index contributed by atoms with van der Waals surface area (Å²) in [4.78, 5) is 13.7. The topological polar surface area (TPSA) is 38.8 Å². The van der Waals surface area contributed by atoms with Crippen LogP contribution in [0.2, 0.25) is 0 Å². The van der Waals surface area contributed by atoms with Crippen LogP contribution < -0.4 is 0 Å². The van der Waals surface area contributed by atoms with Gasteiger partial charge in [0.1, 0.15) is 12.2 Å². The monoisotopic (exact) mass is 197 g/mol. The lowest BCUT2D eigenvalue weighted by atomic mass is 9.88. The van der Waals surface area contributed by atoms with E-state index >= 15 is 0 Å². The molecular formula is C10H15NO3. The second-order valence-electron chi connectivity index (χ2n) is 4.39. The zero-order chi connectivity index (χ0) is 9.87. The molecule has 4 nitrogen and oxygen atoms in total. The van der Waals surface area contributed by atoms with Crippen molar-refractivity contribution in [3.63, 3.8) is 0 Å². The molecular weight excluding hydrogens is 182 g/mol. The quantitative estimate of drug-likeness (QED) is 0.585. The van der Waals surface area contributed by atoms with Crippen molar-refractivity contribution in [3.05, 3.63) is 0 Å². The van der Waals surface area contributed by atoms with Gasteiger partial charge in [-0.3, -0.25) is 9.69 Å². The summed E-state index contributed by atoms with van der Waals surface area (Å²) in [5.41, 5.74) is 0. The lowest BCUT2D eigenvalue weighted by molar-refractivity contribution is -0.146. The second kappa shape index (κ2) is 2.70. The highest BCUT2D eigenvalue weighted by molar-refractivity contribution is 5.77. The number of carbonyl (C=O) groups excluding carboxylic acids is 1. The first-order chi connectivity index (χ1) is 6.74. The van der Waals surface area contributed by atoms with E-state index in [9.17, 15) is 4.79 Å². The van der Waals surface area contributed by atoms with Crippen LogP contribution in [-0.4, -0.2) is 48.8 Å². The third-order valence-corrected chi connectivity index (χ3v) is 3.85. The molecule has 3 saturated heterocycles. The maximum Gasteiger partial charge on any atom is 0.311 e. The van der Waals surface area contributed by atoms with E-state index in [-0.39, 0.29) is 30.1 Å². The number of likely N-dealkylation sites (N-methyl/N-ethyl adjacent to an activating group) is 1. The largest absolute Gasteiger partial charge is 0.458 e. The highest BCUT2D eigenvalue weighted by Crippen LogP contribution is 2.48. The number of nitrogens with zero attached hydrogens (tertiary/aromatic N) is 1. The van der Waals surface area contributed by atoms with Crippen LogP contribution in [0.5, 0.6) is 0 Å². The molecule has 0 aliphatic carbocycles. The summed E-state index contributed by atoms with van der Waals surface area (Å²) >= 11 is 0. The molecule has 14 heavy (non-hydrogen) atoms. The molecule has 78 valence electrons. The summed E-state index contributed by atoms with van der Waals surface area (Å²) in [5, 5.41) is 0. The van der Waals surface area contributed by atoms with E-state index in [0.717, 1.165) is 6.42 Å². The Labute approximate surface area is 83.2 Å². The number of fused-ring (bicyclic) bond motifs is 1. The Morgan fingerprint density at radius 3 is 3.14 bits per heavy atom. The van der Waals surface area contributed by atoms with Crippen LogP contribution in [0, 0.1) is 5.92 Å². The Bertz CT molecular complexity index is 281. The lowest BCUT2D eigenvalue weighted by Crippen LogP contribution is -2.38. The van der Waals surface area contributed by atoms with Crippen molar-refractivity contribution in [3.8, 4) is 0 Å². The molecule has 5 unspecified atom stereocenters. The molecule has 3 fully saturated rings. The molecule has 0 aromatic heterocycles. The summed E-state index contributed by atoms with van der Waals surface area (Å²) in [5.74, 6) is 0.100. The first kappa shape index (κ1) is 8.68. The van der Waals surface area contributed by atoms with E-state index in [2.05, 4.69) is 11.9 Å². The van der Waals surface area contributed by atoms with Gasteiger partial charge >= 0.3 is 5.97 Å². The van der Waals surface area contributed by atoms with Gasteiger partial charge < -0.3 is 9.47 Å². The molecule has 0 amide bonds. The van der Waals surface area contributed by atoms with Crippen LogP contribution in [0.3, 0.4) is 0 Å². The molecule has 3 heterocycles. The maximum atomic E-state index is 11.5. The molecule has 0 spiro atoms. The van der Waals surface area contributed by atoms with Crippen LogP contribution in [0.1, 0.15) is 13.3 Å². The Morgan fingerprint density at radius 2 is 2.43 bits per heavy atom. The van der Waals surface area contributed by atoms with Gasteiger partial charge in [0.25, 0.3) is 0 Å². The average molecular weight is 197 g/mol. The smallest absolute Gasteiger partial charge is 0.311 e. The molecule has 3 aliphatic rings. The molecule has 0 aromatic carbocycles. The highest BCUT2D eigenvalue weighted by atomic mass is 16.6. The molecule has 2 bridgehead atoms. The molecule has 3 rings (SSSR count). The van der Waals surface area contributed by atoms with E-state index in [1.807, 2.05) is 6.92 Å². The summed E-state index contributed by atoms with van der Waals surface area (Å²) in [6, 6.07) is 0.672. The average Bonchev–Trinajstić information content (AvgIpc) is 2.68. The van der Waals surface area contributed by atoms with Gasteiger partial charge in [-0.1, -0.05) is 0 Å². The van der Waals surface area contributed by atoms with Gasteiger partial charge in [0.2, 0.25) is 0 Å². The van der Waals surface area contributed by atoms with Crippen LogP contribution >= 0.6 is 0 Å². The molecule has 0 radical (unpaired) electrons. The fraction of sp³-hybridized carbons (Fsp3) is 0.900. The second-order valence-corrected chi connectivity index (χ2v) is 4.39. The van der Waals surface area contributed by atoms with Crippen molar-refractivity contribution in [1.29, 1.82) is 0 Å². The summed E-state index contributed by atoms with van der Waals surface area (Å²) < 4.78 is 11.0. The number of rotatable bonds is 2. The zero-order valence-corrected chi connectivity index (χ0v) is 8.47. The number of ether oxygens (including phenoxy) is 2. The third-order valence-electron chi connectivity index (χ3n) is 3.85. The Kier molecular flexibility index (Phi) is 1.67. The standard InChI is InChI=1S/C10H15NO3/c1-3-13-8-6-4-5-7(11(6)2)9(8)14-10(5)12/h5-9H,3-4H2,1-2H3. The van der Waals surface area contributed by atoms with Crippen molar-refractivity contribution in [1.82, 2.24) is 4.90 Å². The van der Waals surface area contributed by atoms with Gasteiger partial charge in [0.05, 0.1) is 12.0 Å². The molecule has 0 N–H and O–H groups in total. The Morgan fingerprint density at radius 1 is 1.64 bits per heavy atom. The molecule has 3 aliphatic heterocycles. The van der Waals surface area contributed by atoms with Crippen LogP contribution in [0.25, 0.3) is 0 Å². The van der Waals surface area contributed by atoms with Crippen LogP contribution in [-0.2, 0) is 14.3 Å². The molecule has 4 heteroatoms. The predicted octanol–water partition coefficient (Wildman–Crippen LogP) is 0.0194. The molecule has 0 aromatic rings. The lowest BCUT2D eigenvalue weighted by Gasteiger charge is -2.23. The van der Waals surface area contributed by atoms with E-state index in [0.29, 0.717) is 12.6 Å². The highest BCUT2D eigenvalue weighted by Gasteiger charge is 2.65. The summed E-state index contributed by atoms with van der Waals surface area (Å²) in [6.07, 6.45) is 1.02. The third kappa shape index (κ3) is 0.834. The van der Waals surface area contributed by atoms with Gasteiger partial charge in [-0.2, -0.15) is 0 Å². The first-order valence-electron chi connectivity index (χ1n) is 5.28. The van der Waals surface area contributed by atoms with Gasteiger partial charge in [0.15, 0.2) is 0 Å². The number of carbonyl (C=O) groups is 1. The van der Waals surface area contributed by atoms with Crippen molar-refractivity contribution >= 4 is 5.97 Å². The molecule has 5 atom stereocenters. The number of hydrogen-bond acceptors (Lipinski definition) is 4. The Hall–Kier alpha value is -0.610. The maximum absolute atomic E-state index is 11.5. The van der Waals surface area contributed by atoms with Crippen LogP contribution in [0.4, 0.5) is 0 Å². The van der Waals surface area contributed by atoms with E-state index in [1.54, 1.807) is 0 Å². The Balaban J connectivity index is 1.91. The van der Waals surface area contributed by atoms with E-state index in [1.165, 1.54) is 0 Å². The van der Waals surface area contributed by atoms with Gasteiger partial charge in [-0.25, -0.2) is 0 Å². The van der Waals surface area contributed by atoms with Crippen LogP contribution in [0.15, 0.2) is 0 Å². The number of esters is 1. The summed E-state index contributed by atoms with van der Waals surface area (Å²) in [6.45, 7) is 2.68. The molecule has 0 saturated carbocycles. The van der Waals surface area contributed by atoms with Crippen molar-refractivity contribution in [2.45, 2.75) is 37.6 Å². The normalized spacial score (nSPS) is 50.1. The minimum absolute atomic E-state index is 0.00352. The van der Waals surface area contributed by atoms with Gasteiger partial charge in [-0.05, 0) is 20.4 Å². The summed E-state index contributed by atoms with van der Waals surface area (Å²) in [7, 11) is 2.07.